The molecule has 1 aliphatic heterocycles. The van der Waals surface area contributed by atoms with Crippen molar-refractivity contribution in [1.82, 2.24) is 9.88 Å². The molecule has 3 N–H and O–H groups in total. The van der Waals surface area contributed by atoms with E-state index >= 15 is 0 Å². The molecule has 0 spiro atoms. The molecule has 0 saturated heterocycles. The summed E-state index contributed by atoms with van der Waals surface area (Å²) in [4.78, 5) is 47.4. The number of nitrogens with two attached hydrogens (primary N) is 1. The van der Waals surface area contributed by atoms with Crippen molar-refractivity contribution in [3.63, 3.8) is 0 Å². The monoisotopic (exact) mass is 422 g/mol. The summed E-state index contributed by atoms with van der Waals surface area (Å²) in [5.74, 6) is -1.12. The molecule has 2 aromatic carbocycles. The highest BCUT2D eigenvalue weighted by Gasteiger charge is 2.32. The summed E-state index contributed by atoms with van der Waals surface area (Å²) < 4.78 is 11.9. The van der Waals surface area contributed by atoms with E-state index in [0.717, 1.165) is 16.7 Å². The SMILES string of the molecule is COc1ccccc1Oc1cc(-n2c(N)c3c(cc2=O)C(=O)NC3=O)cc([N+](=O)[O-])c1. The van der Waals surface area contributed by atoms with Crippen molar-refractivity contribution >= 4 is 23.3 Å². The molecule has 0 atom stereocenters. The second-order valence-corrected chi connectivity index (χ2v) is 6.47. The van der Waals surface area contributed by atoms with Crippen molar-refractivity contribution in [2.24, 2.45) is 0 Å². The Morgan fingerprint density at radius 2 is 1.74 bits per heavy atom. The van der Waals surface area contributed by atoms with Crippen LogP contribution >= 0.6 is 0 Å². The number of benzene rings is 2. The first kappa shape index (κ1) is 19.6. The van der Waals surface area contributed by atoms with Crippen LogP contribution in [-0.2, 0) is 0 Å². The van der Waals surface area contributed by atoms with Gasteiger partial charge in [0.2, 0.25) is 0 Å². The number of carbonyl (C=O) groups excluding carboxylic acids is 2. The van der Waals surface area contributed by atoms with Crippen molar-refractivity contribution in [1.29, 1.82) is 0 Å². The number of nitro benzene ring substituents is 1. The number of methoxy groups -OCH3 is 1. The number of nitro groups is 1. The van der Waals surface area contributed by atoms with Gasteiger partial charge in [0.15, 0.2) is 11.5 Å². The summed E-state index contributed by atoms with van der Waals surface area (Å²) in [5.41, 5.74) is 4.54. The number of fused-ring (bicyclic) bond motifs is 1. The summed E-state index contributed by atoms with van der Waals surface area (Å²) in [6.07, 6.45) is 0. The van der Waals surface area contributed by atoms with Gasteiger partial charge in [0, 0.05) is 18.2 Å². The fourth-order valence-electron chi connectivity index (χ4n) is 3.24. The van der Waals surface area contributed by atoms with Crippen molar-refractivity contribution in [2.75, 3.05) is 12.8 Å². The standard InChI is InChI=1S/C20H14N4O7/c1-30-14-4-2-3-5-15(14)31-12-7-10(6-11(8-12)24(28)29)23-16(25)9-13-17(18(23)21)20(27)22-19(13)26/h2-9H,21H2,1H3,(H,22,26,27). The van der Waals surface area contributed by atoms with E-state index in [1.807, 2.05) is 0 Å². The van der Waals surface area contributed by atoms with Crippen LogP contribution in [0.2, 0.25) is 0 Å². The summed E-state index contributed by atoms with van der Waals surface area (Å²) in [7, 11) is 1.44. The molecule has 11 nitrogen and oxygen atoms in total. The van der Waals surface area contributed by atoms with Crippen molar-refractivity contribution in [2.45, 2.75) is 0 Å². The van der Waals surface area contributed by atoms with Gasteiger partial charge in [-0.1, -0.05) is 12.1 Å². The number of hydrogen-bond acceptors (Lipinski definition) is 8. The quantitative estimate of drug-likeness (QED) is 0.359. The molecule has 0 unspecified atom stereocenters. The highest BCUT2D eigenvalue weighted by molar-refractivity contribution is 6.23. The van der Waals surface area contributed by atoms with Crippen LogP contribution in [-0.4, -0.2) is 28.4 Å². The van der Waals surface area contributed by atoms with Crippen LogP contribution in [0.25, 0.3) is 5.69 Å². The number of aromatic nitrogens is 1. The molecule has 0 saturated carbocycles. The lowest BCUT2D eigenvalue weighted by Gasteiger charge is -2.14. The van der Waals surface area contributed by atoms with E-state index < -0.39 is 22.3 Å². The summed E-state index contributed by atoms with van der Waals surface area (Å²) in [6, 6.07) is 11.2. The highest BCUT2D eigenvalue weighted by atomic mass is 16.6. The van der Waals surface area contributed by atoms with Gasteiger partial charge < -0.3 is 15.2 Å². The van der Waals surface area contributed by atoms with Gasteiger partial charge in [0.05, 0.1) is 34.9 Å². The van der Waals surface area contributed by atoms with Gasteiger partial charge in [-0.15, -0.1) is 0 Å². The van der Waals surface area contributed by atoms with E-state index in [9.17, 15) is 24.5 Å². The summed E-state index contributed by atoms with van der Waals surface area (Å²) >= 11 is 0. The van der Waals surface area contributed by atoms with E-state index in [0.29, 0.717) is 5.75 Å². The molecule has 1 aliphatic rings. The predicted molar refractivity (Wildman–Crippen MR) is 108 cm³/mol. The zero-order valence-corrected chi connectivity index (χ0v) is 15.9. The number of nitrogens with zero attached hydrogens (tertiary/aromatic N) is 2. The first-order valence-electron chi connectivity index (χ1n) is 8.82. The Bertz CT molecular complexity index is 1330. The van der Waals surface area contributed by atoms with E-state index in [1.165, 1.54) is 19.2 Å². The number of imide groups is 1. The zero-order chi connectivity index (χ0) is 22.3. The molecule has 2 heterocycles. The number of ether oxygens (including phenoxy) is 2. The maximum absolute atomic E-state index is 12.7. The smallest absolute Gasteiger partial charge is 0.275 e. The summed E-state index contributed by atoms with van der Waals surface area (Å²) in [6.45, 7) is 0. The largest absolute Gasteiger partial charge is 0.493 e. The Kier molecular flexibility index (Phi) is 4.62. The summed E-state index contributed by atoms with van der Waals surface area (Å²) in [5, 5.41) is 13.5. The maximum atomic E-state index is 12.7. The van der Waals surface area contributed by atoms with Crippen molar-refractivity contribution < 1.29 is 24.0 Å². The third kappa shape index (κ3) is 3.33. The number of nitrogen functional groups attached to an aromatic ring is 1. The first-order chi connectivity index (χ1) is 14.8. The van der Waals surface area contributed by atoms with Crippen LogP contribution in [0.3, 0.4) is 0 Å². The minimum absolute atomic E-state index is 0.0171. The van der Waals surface area contributed by atoms with Gasteiger partial charge in [0.25, 0.3) is 23.1 Å². The molecule has 0 fully saturated rings. The molecule has 156 valence electrons. The van der Waals surface area contributed by atoms with Crippen LogP contribution in [0, 0.1) is 10.1 Å². The molecule has 31 heavy (non-hydrogen) atoms. The maximum Gasteiger partial charge on any atom is 0.275 e. The van der Waals surface area contributed by atoms with Crippen molar-refractivity contribution in [3.05, 3.63) is 80.1 Å². The van der Waals surface area contributed by atoms with Crippen LogP contribution in [0.4, 0.5) is 11.5 Å². The molecule has 2 amide bonds. The Morgan fingerprint density at radius 3 is 2.42 bits per heavy atom. The third-order valence-electron chi connectivity index (χ3n) is 4.60. The Labute approximate surface area is 173 Å². The molecule has 1 aromatic heterocycles. The fourth-order valence-corrected chi connectivity index (χ4v) is 3.24. The lowest BCUT2D eigenvalue weighted by Crippen LogP contribution is -2.24. The second-order valence-electron chi connectivity index (χ2n) is 6.47. The number of para-hydroxylation sites is 2. The minimum atomic E-state index is -0.762. The second kappa shape index (κ2) is 7.30. The van der Waals surface area contributed by atoms with Crippen LogP contribution < -0.4 is 26.1 Å². The number of pyridine rings is 1. The highest BCUT2D eigenvalue weighted by Crippen LogP contribution is 2.34. The number of non-ortho nitro benzene ring substituents is 1. The van der Waals surface area contributed by atoms with Crippen LogP contribution in [0.15, 0.2) is 53.3 Å². The predicted octanol–water partition coefficient (Wildman–Crippen LogP) is 2.01. The number of carbonyl (C=O) groups is 2. The van der Waals surface area contributed by atoms with E-state index in [4.69, 9.17) is 15.2 Å². The van der Waals surface area contributed by atoms with E-state index in [1.54, 1.807) is 24.3 Å². The molecule has 11 heteroatoms. The first-order valence-corrected chi connectivity index (χ1v) is 8.82. The van der Waals surface area contributed by atoms with Crippen LogP contribution in [0.1, 0.15) is 20.7 Å². The Balaban J connectivity index is 1.90. The fraction of sp³-hybridized carbons (Fsp3) is 0.0500. The number of amides is 2. The lowest BCUT2D eigenvalue weighted by atomic mass is 10.1. The van der Waals surface area contributed by atoms with Crippen molar-refractivity contribution in [3.8, 4) is 22.9 Å². The Morgan fingerprint density at radius 1 is 1.03 bits per heavy atom. The lowest BCUT2D eigenvalue weighted by molar-refractivity contribution is -0.384. The minimum Gasteiger partial charge on any atom is -0.493 e. The zero-order valence-electron chi connectivity index (χ0n) is 15.9. The van der Waals surface area contributed by atoms with E-state index in [2.05, 4.69) is 5.32 Å². The van der Waals surface area contributed by atoms with Gasteiger partial charge in [-0.05, 0) is 12.1 Å². The van der Waals surface area contributed by atoms with Gasteiger partial charge >= 0.3 is 0 Å². The van der Waals surface area contributed by atoms with Gasteiger partial charge in [-0.25, -0.2) is 0 Å². The molecule has 3 aromatic rings. The van der Waals surface area contributed by atoms with Gasteiger partial charge in [-0.2, -0.15) is 0 Å². The molecule has 4 rings (SSSR count). The van der Waals surface area contributed by atoms with Crippen LogP contribution in [0.5, 0.6) is 17.2 Å². The van der Waals surface area contributed by atoms with Gasteiger partial charge in [-0.3, -0.25) is 34.4 Å². The average molecular weight is 422 g/mol. The van der Waals surface area contributed by atoms with Gasteiger partial charge in [0.1, 0.15) is 11.6 Å². The third-order valence-corrected chi connectivity index (χ3v) is 4.60. The number of nitrogens with one attached hydrogen (secondary N) is 1. The normalized spacial score (nSPS) is 12.3. The topological polar surface area (TPSA) is 156 Å². The average Bonchev–Trinajstić information content (AvgIpc) is 3.01. The molecule has 0 radical (unpaired) electrons. The number of rotatable bonds is 5. The molecular formula is C20H14N4O7. The molecular weight excluding hydrogens is 408 g/mol. The number of anilines is 1. The van der Waals surface area contributed by atoms with E-state index in [-0.39, 0.29) is 39.8 Å². The molecule has 0 aliphatic carbocycles. The Hall–Kier alpha value is -4.67. The number of hydrogen-bond donors (Lipinski definition) is 2. The molecule has 0 bridgehead atoms.